The molecule has 0 fully saturated rings. The van der Waals surface area contributed by atoms with Gasteiger partial charge in [0.2, 0.25) is 0 Å². The van der Waals surface area contributed by atoms with Gasteiger partial charge < -0.3 is 24.8 Å². The van der Waals surface area contributed by atoms with Crippen LogP contribution in [-0.4, -0.2) is 23.6 Å². The minimum atomic E-state index is -0.0252. The zero-order valence-corrected chi connectivity index (χ0v) is 34.6. The van der Waals surface area contributed by atoms with Gasteiger partial charge in [0.1, 0.15) is 0 Å². The number of benzene rings is 2. The third-order valence-electron chi connectivity index (χ3n) is 8.56. The summed E-state index contributed by atoms with van der Waals surface area (Å²) in [5.74, 6) is 0. The molecule has 0 radical (unpaired) electrons. The van der Waals surface area contributed by atoms with Crippen molar-refractivity contribution in [3.8, 4) is 0 Å². The van der Waals surface area contributed by atoms with E-state index in [2.05, 4.69) is 114 Å². The molecule has 0 saturated heterocycles. The van der Waals surface area contributed by atoms with Crippen LogP contribution >= 0.6 is 15.8 Å². The fraction of sp³-hybridized carbons (Fsp3) is 0.526. The molecule has 4 aromatic carbocycles. The Labute approximate surface area is 298 Å². The van der Waals surface area contributed by atoms with E-state index in [4.69, 9.17) is 0 Å². The molecule has 0 heterocycles. The number of fused-ring (bicyclic) bond motifs is 2. The fourth-order valence-corrected chi connectivity index (χ4v) is 11.6. The largest absolute Gasteiger partial charge is 4.00 e. The maximum Gasteiger partial charge on any atom is 4.00 e. The molecule has 4 rings (SSSR count). The Hall–Kier alpha value is -0.0299. The predicted molar refractivity (Wildman–Crippen MR) is 190 cm³/mol. The van der Waals surface area contributed by atoms with Crippen LogP contribution < -0.4 is 35.4 Å². The van der Waals surface area contributed by atoms with Crippen LogP contribution in [-0.2, 0) is 25.8 Å². The van der Waals surface area contributed by atoms with Crippen LogP contribution in [0.3, 0.4) is 0 Å². The number of halogens is 2. The molecule has 0 aliphatic rings. The molecular formula is C38H56Cl2HfP2. The first-order valence-electron chi connectivity index (χ1n) is 16.4. The second-order valence-electron chi connectivity index (χ2n) is 11.7. The molecule has 0 amide bonds. The molecule has 43 heavy (non-hydrogen) atoms. The Morgan fingerprint density at radius 2 is 1.00 bits per heavy atom. The van der Waals surface area contributed by atoms with Gasteiger partial charge in [0.25, 0.3) is 0 Å². The minimum Gasteiger partial charge on any atom is -1.00 e. The van der Waals surface area contributed by atoms with E-state index in [1.807, 2.05) is 0 Å². The third kappa shape index (κ3) is 13.7. The Bertz CT molecular complexity index is 1140. The molecular weight excluding hydrogens is 768 g/mol. The summed E-state index contributed by atoms with van der Waals surface area (Å²) < 4.78 is 0. The number of hydrogen-bond donors (Lipinski definition) is 0. The van der Waals surface area contributed by atoms with E-state index in [0.29, 0.717) is 0 Å². The van der Waals surface area contributed by atoms with Crippen molar-refractivity contribution in [1.29, 1.82) is 0 Å². The molecule has 5 heteroatoms. The molecule has 2 unspecified atom stereocenters. The average Bonchev–Trinajstić information content (AvgIpc) is 3.61. The number of rotatable bonds is 16. The second kappa shape index (κ2) is 24.2. The smallest absolute Gasteiger partial charge is 1.00 e. The molecule has 0 spiro atoms. The van der Waals surface area contributed by atoms with Crippen molar-refractivity contribution in [1.82, 2.24) is 0 Å². The monoisotopic (exact) mass is 824 g/mol. The summed E-state index contributed by atoms with van der Waals surface area (Å²) in [5.41, 5.74) is 1.65. The van der Waals surface area contributed by atoms with Gasteiger partial charge in [-0.05, 0) is 49.3 Å². The first-order valence-corrected chi connectivity index (χ1v) is 19.6. The molecule has 0 aromatic heterocycles. The molecule has 0 aliphatic carbocycles. The molecule has 0 aliphatic heterocycles. The van der Waals surface area contributed by atoms with Crippen LogP contribution in [0, 0.1) is 0 Å². The van der Waals surface area contributed by atoms with E-state index >= 15 is 0 Å². The first kappa shape index (κ1) is 43.0. The van der Waals surface area contributed by atoms with Gasteiger partial charge in [-0.15, -0.1) is 80.7 Å². The number of unbranched alkanes of at least 4 members (excludes halogenated alkanes) is 6. The molecule has 0 bridgehead atoms. The van der Waals surface area contributed by atoms with Gasteiger partial charge in [-0.3, -0.25) is 0 Å². The van der Waals surface area contributed by atoms with Gasteiger partial charge in [0, 0.05) is 0 Å². The van der Waals surface area contributed by atoms with Crippen LogP contribution in [0.4, 0.5) is 0 Å². The topological polar surface area (TPSA) is 0 Å². The standard InChI is InChI=1S/C21H32P.C17H24P.2ClH.Hf/c1-3-5-7-11-15-22(16-12-8-6-4-2)21-17-19-13-9-10-14-20(19)18-21;1-5-13(3)18(14(4)6-2)17-11-15-9-7-8-10-16(15)12-17;;;/h9-10,13-14,17-18H,3-8,11-12,15-16H2,1-2H3;7-14H,5-6H2,1-4H3;2*1H;/q2*-1;;;+4/p-2. The van der Waals surface area contributed by atoms with Gasteiger partial charge in [-0.2, -0.15) is 12.1 Å². The SMILES string of the molecule is CCC(C)P(c1cc2ccccc2[cH-]1)C(C)CC.CCCCCCP(CCCCCC)c1cc2ccccc2[cH-]1.[Cl-].[Cl-].[Hf+4]. The summed E-state index contributed by atoms with van der Waals surface area (Å²) in [4.78, 5) is 0. The summed E-state index contributed by atoms with van der Waals surface area (Å²) >= 11 is 0. The predicted octanol–water partition coefficient (Wildman–Crippen LogP) is 6.09. The van der Waals surface area contributed by atoms with E-state index < -0.39 is 0 Å². The summed E-state index contributed by atoms with van der Waals surface area (Å²) in [7, 11) is 0.0390. The van der Waals surface area contributed by atoms with Crippen molar-refractivity contribution >= 4 is 48.0 Å². The van der Waals surface area contributed by atoms with Gasteiger partial charge in [0.05, 0.1) is 0 Å². The van der Waals surface area contributed by atoms with Gasteiger partial charge in [-0.25, -0.2) is 0 Å². The summed E-state index contributed by atoms with van der Waals surface area (Å²) in [5, 5.41) is 8.96. The Morgan fingerprint density at radius 1 is 0.581 bits per heavy atom. The van der Waals surface area contributed by atoms with Crippen molar-refractivity contribution in [2.45, 2.75) is 117 Å². The third-order valence-corrected chi connectivity index (χ3v) is 14.7. The zero-order chi connectivity index (χ0) is 28.7. The van der Waals surface area contributed by atoms with Crippen molar-refractivity contribution in [2.24, 2.45) is 0 Å². The van der Waals surface area contributed by atoms with Crippen LogP contribution in [0.5, 0.6) is 0 Å². The summed E-state index contributed by atoms with van der Waals surface area (Å²) in [6.45, 7) is 14.1. The molecule has 0 nitrogen and oxygen atoms in total. The Morgan fingerprint density at radius 3 is 1.42 bits per heavy atom. The van der Waals surface area contributed by atoms with E-state index in [0.717, 1.165) is 11.3 Å². The van der Waals surface area contributed by atoms with E-state index in [1.54, 1.807) is 10.6 Å². The summed E-state index contributed by atoms with van der Waals surface area (Å²) in [6.07, 6.45) is 16.6. The van der Waals surface area contributed by atoms with E-state index in [-0.39, 0.29) is 66.5 Å². The number of hydrogen-bond acceptors (Lipinski definition) is 0. The molecule has 4 aromatic rings. The Kier molecular flexibility index (Phi) is 24.2. The van der Waals surface area contributed by atoms with E-state index in [9.17, 15) is 0 Å². The van der Waals surface area contributed by atoms with Crippen molar-refractivity contribution in [3.63, 3.8) is 0 Å². The van der Waals surface area contributed by atoms with Crippen LogP contribution in [0.15, 0.2) is 72.8 Å². The maximum atomic E-state index is 2.47. The normalized spacial score (nSPS) is 12.9. The van der Waals surface area contributed by atoms with E-state index in [1.165, 1.54) is 98.1 Å². The zero-order valence-electron chi connectivity index (χ0n) is 27.7. The molecule has 0 saturated carbocycles. The van der Waals surface area contributed by atoms with Gasteiger partial charge in [0.15, 0.2) is 0 Å². The Balaban J connectivity index is 0.000000779. The quantitative estimate of drug-likeness (QED) is 0.0556. The first-order chi connectivity index (χ1) is 19.5. The average molecular weight is 824 g/mol. The maximum absolute atomic E-state index is 2.47. The van der Waals surface area contributed by atoms with Crippen molar-refractivity contribution < 1.29 is 50.7 Å². The van der Waals surface area contributed by atoms with Crippen LogP contribution in [0.2, 0.25) is 0 Å². The van der Waals surface area contributed by atoms with Crippen LogP contribution in [0.1, 0.15) is 106 Å². The van der Waals surface area contributed by atoms with Crippen LogP contribution in [0.25, 0.3) is 21.5 Å². The molecule has 0 N–H and O–H groups in total. The molecule has 236 valence electrons. The fourth-order valence-electron chi connectivity index (χ4n) is 5.77. The minimum absolute atomic E-state index is 0. The van der Waals surface area contributed by atoms with Crippen molar-refractivity contribution in [2.75, 3.05) is 12.3 Å². The van der Waals surface area contributed by atoms with Gasteiger partial charge in [-0.1, -0.05) is 108 Å². The van der Waals surface area contributed by atoms with Gasteiger partial charge >= 0.3 is 25.8 Å². The second-order valence-corrected chi connectivity index (χ2v) is 17.3. The molecule has 2 atom stereocenters. The van der Waals surface area contributed by atoms with Crippen molar-refractivity contribution in [3.05, 3.63) is 72.8 Å². The summed E-state index contributed by atoms with van der Waals surface area (Å²) in [6, 6.07) is 27.4.